The van der Waals surface area contributed by atoms with Gasteiger partial charge in [0, 0.05) is 0 Å². The Hall–Kier alpha value is -2.66. The second-order valence-electron chi connectivity index (χ2n) is 5.31. The summed E-state index contributed by atoms with van der Waals surface area (Å²) in [6, 6.07) is 9.47. The quantitative estimate of drug-likeness (QED) is 0.800. The van der Waals surface area contributed by atoms with Crippen molar-refractivity contribution in [2.45, 2.75) is 27.1 Å². The maximum atomic E-state index is 11.4. The fraction of sp³-hybridized carbons (Fsp3) is 0.222. The van der Waals surface area contributed by atoms with Gasteiger partial charge in [-0.25, -0.2) is 0 Å². The van der Waals surface area contributed by atoms with E-state index in [2.05, 4.69) is 0 Å². The molecule has 5 heteroatoms. The first kappa shape index (κ1) is 16.7. The van der Waals surface area contributed by atoms with Crippen molar-refractivity contribution in [3.05, 3.63) is 58.7 Å². The van der Waals surface area contributed by atoms with Crippen LogP contribution in [0.25, 0.3) is 0 Å². The first-order valence-electron chi connectivity index (χ1n) is 7.12. The molecular weight excluding hydrogens is 296 g/mol. The average molecular weight is 314 g/mol. The molecule has 120 valence electrons. The Balaban J connectivity index is 2.03. The normalized spacial score (nSPS) is 10.5. The molecule has 0 saturated heterocycles. The topological polar surface area (TPSA) is 83.8 Å². The van der Waals surface area contributed by atoms with E-state index in [1.54, 1.807) is 24.3 Å². The lowest BCUT2D eigenvalue weighted by Crippen LogP contribution is -1.99. The Bertz CT molecular complexity index is 686. The van der Waals surface area contributed by atoms with Crippen LogP contribution in [0.4, 0.5) is 0 Å². The van der Waals surface area contributed by atoms with Crippen molar-refractivity contribution in [1.29, 1.82) is 0 Å². The summed E-state index contributed by atoms with van der Waals surface area (Å²) in [6.07, 6.45) is 0. The van der Waals surface area contributed by atoms with Crippen molar-refractivity contribution < 1.29 is 24.5 Å². The summed E-state index contributed by atoms with van der Waals surface area (Å²) in [5, 5.41) is 19.2. The lowest BCUT2D eigenvalue weighted by molar-refractivity contribution is 0.100. The molecule has 0 fully saturated rings. The van der Waals surface area contributed by atoms with E-state index in [-0.39, 0.29) is 47.4 Å². The molecule has 0 heterocycles. The standard InChI is InChI=1S/C18H18O5/c1-11(19)15-7-13(3-5-17(15)21)9-23-10-14-4-6-18(22)16(8-14)12(2)20/h3-8,21-22H,9-10H2,1-2H3. The number of ketones is 2. The summed E-state index contributed by atoms with van der Waals surface area (Å²) in [7, 11) is 0. The van der Waals surface area contributed by atoms with Crippen LogP contribution < -0.4 is 0 Å². The molecular formula is C18H18O5. The highest BCUT2D eigenvalue weighted by molar-refractivity contribution is 5.97. The Morgan fingerprint density at radius 1 is 0.826 bits per heavy atom. The van der Waals surface area contributed by atoms with Gasteiger partial charge in [-0.2, -0.15) is 0 Å². The molecule has 5 nitrogen and oxygen atoms in total. The van der Waals surface area contributed by atoms with Crippen molar-refractivity contribution >= 4 is 11.6 Å². The van der Waals surface area contributed by atoms with Crippen LogP contribution in [0.15, 0.2) is 36.4 Å². The molecule has 0 saturated carbocycles. The lowest BCUT2D eigenvalue weighted by atomic mass is 10.1. The molecule has 23 heavy (non-hydrogen) atoms. The fourth-order valence-corrected chi connectivity index (χ4v) is 2.20. The number of carbonyl (C=O) groups is 2. The molecule has 2 N–H and O–H groups in total. The summed E-state index contributed by atoms with van der Waals surface area (Å²) in [5.41, 5.74) is 2.04. The van der Waals surface area contributed by atoms with Crippen molar-refractivity contribution in [1.82, 2.24) is 0 Å². The van der Waals surface area contributed by atoms with Crippen LogP contribution in [0.5, 0.6) is 11.5 Å². The van der Waals surface area contributed by atoms with Gasteiger partial charge in [-0.3, -0.25) is 9.59 Å². The number of Topliss-reactive ketones (excluding diaryl/α,β-unsaturated/α-hetero) is 2. The molecule has 0 atom stereocenters. The number of hydrogen-bond donors (Lipinski definition) is 2. The van der Waals surface area contributed by atoms with Crippen LogP contribution in [-0.2, 0) is 18.0 Å². The van der Waals surface area contributed by atoms with Gasteiger partial charge >= 0.3 is 0 Å². The van der Waals surface area contributed by atoms with Crippen molar-refractivity contribution in [3.63, 3.8) is 0 Å². The van der Waals surface area contributed by atoms with Gasteiger partial charge < -0.3 is 14.9 Å². The molecule has 0 amide bonds. The predicted octanol–water partition coefficient (Wildman–Crippen LogP) is 3.22. The minimum Gasteiger partial charge on any atom is -0.507 e. The molecule has 0 aromatic heterocycles. The number of benzene rings is 2. The number of phenols is 2. The Morgan fingerprint density at radius 2 is 1.22 bits per heavy atom. The minimum absolute atomic E-state index is 0.0501. The number of hydrogen-bond acceptors (Lipinski definition) is 5. The zero-order valence-corrected chi connectivity index (χ0v) is 13.0. The highest BCUT2D eigenvalue weighted by Crippen LogP contribution is 2.21. The van der Waals surface area contributed by atoms with E-state index in [0.29, 0.717) is 0 Å². The number of aromatic hydroxyl groups is 2. The van der Waals surface area contributed by atoms with Crippen molar-refractivity contribution in [2.75, 3.05) is 0 Å². The third-order valence-electron chi connectivity index (χ3n) is 3.42. The van der Waals surface area contributed by atoms with Gasteiger partial charge in [0.2, 0.25) is 0 Å². The Labute approximate surface area is 134 Å². The van der Waals surface area contributed by atoms with Crippen LogP contribution in [-0.4, -0.2) is 21.8 Å². The van der Waals surface area contributed by atoms with Gasteiger partial charge in [0.1, 0.15) is 11.5 Å². The molecule has 0 bridgehead atoms. The molecule has 0 aliphatic carbocycles. The van der Waals surface area contributed by atoms with Gasteiger partial charge in [0.05, 0.1) is 24.3 Å². The van der Waals surface area contributed by atoms with Crippen molar-refractivity contribution in [2.24, 2.45) is 0 Å². The number of rotatable bonds is 6. The fourth-order valence-electron chi connectivity index (χ4n) is 2.20. The van der Waals surface area contributed by atoms with E-state index in [9.17, 15) is 19.8 Å². The SMILES string of the molecule is CC(=O)c1cc(COCc2ccc(O)c(C(C)=O)c2)ccc1O. The minimum atomic E-state index is -0.214. The van der Waals surface area contributed by atoms with Gasteiger partial charge in [0.15, 0.2) is 11.6 Å². The van der Waals surface area contributed by atoms with Gasteiger partial charge in [0.25, 0.3) is 0 Å². The third-order valence-corrected chi connectivity index (χ3v) is 3.42. The zero-order chi connectivity index (χ0) is 17.0. The average Bonchev–Trinajstić information content (AvgIpc) is 2.50. The maximum Gasteiger partial charge on any atom is 0.163 e. The summed E-state index contributed by atoms with van der Waals surface area (Å²) in [6.45, 7) is 3.30. The second-order valence-corrected chi connectivity index (χ2v) is 5.31. The van der Waals surface area contributed by atoms with E-state index in [0.717, 1.165) is 11.1 Å². The number of carbonyl (C=O) groups excluding carboxylic acids is 2. The molecule has 0 aliphatic rings. The van der Waals surface area contributed by atoms with E-state index in [1.807, 2.05) is 0 Å². The summed E-state index contributed by atoms with van der Waals surface area (Å²) >= 11 is 0. The summed E-state index contributed by atoms with van der Waals surface area (Å²) in [4.78, 5) is 22.8. The molecule has 0 spiro atoms. The molecule has 0 radical (unpaired) electrons. The first-order chi connectivity index (χ1) is 10.9. The van der Waals surface area contributed by atoms with Gasteiger partial charge in [-0.15, -0.1) is 0 Å². The van der Waals surface area contributed by atoms with E-state index in [4.69, 9.17) is 4.74 Å². The lowest BCUT2D eigenvalue weighted by Gasteiger charge is -2.08. The van der Waals surface area contributed by atoms with E-state index < -0.39 is 0 Å². The molecule has 0 unspecified atom stereocenters. The van der Waals surface area contributed by atoms with Crippen LogP contribution in [0, 0.1) is 0 Å². The van der Waals surface area contributed by atoms with Crippen LogP contribution in [0.3, 0.4) is 0 Å². The zero-order valence-electron chi connectivity index (χ0n) is 13.0. The number of phenolic OH excluding ortho intramolecular Hbond substituents is 2. The van der Waals surface area contributed by atoms with Gasteiger partial charge in [-0.05, 0) is 49.2 Å². The Kier molecular flexibility index (Phi) is 5.13. The molecule has 2 rings (SSSR count). The first-order valence-corrected chi connectivity index (χ1v) is 7.12. The van der Waals surface area contributed by atoms with E-state index >= 15 is 0 Å². The largest absolute Gasteiger partial charge is 0.507 e. The summed E-state index contributed by atoms with van der Waals surface area (Å²) in [5.74, 6) is -0.528. The predicted molar refractivity (Wildman–Crippen MR) is 84.7 cm³/mol. The number of ether oxygens (including phenoxy) is 1. The van der Waals surface area contributed by atoms with Crippen LogP contribution >= 0.6 is 0 Å². The van der Waals surface area contributed by atoms with E-state index in [1.165, 1.54) is 26.0 Å². The van der Waals surface area contributed by atoms with Crippen molar-refractivity contribution in [3.8, 4) is 11.5 Å². The van der Waals surface area contributed by atoms with Gasteiger partial charge in [-0.1, -0.05) is 12.1 Å². The monoisotopic (exact) mass is 314 g/mol. The molecule has 2 aromatic rings. The Morgan fingerprint density at radius 3 is 1.57 bits per heavy atom. The van der Waals surface area contributed by atoms with Crippen LogP contribution in [0.2, 0.25) is 0 Å². The smallest absolute Gasteiger partial charge is 0.163 e. The second kappa shape index (κ2) is 7.07. The maximum absolute atomic E-state index is 11.4. The molecule has 2 aromatic carbocycles. The highest BCUT2D eigenvalue weighted by atomic mass is 16.5. The van der Waals surface area contributed by atoms with Crippen LogP contribution in [0.1, 0.15) is 45.7 Å². The summed E-state index contributed by atoms with van der Waals surface area (Å²) < 4.78 is 5.57. The highest BCUT2D eigenvalue weighted by Gasteiger charge is 2.09. The molecule has 0 aliphatic heterocycles. The third kappa shape index (κ3) is 4.17.